The largest absolute Gasteiger partial charge is 0.360 e. The van der Waals surface area contributed by atoms with Gasteiger partial charge in [-0.3, -0.25) is 4.79 Å². The normalized spacial score (nSPS) is 10.8. The number of pyridine rings is 1. The first kappa shape index (κ1) is 11.4. The van der Waals surface area contributed by atoms with Crippen molar-refractivity contribution in [3.05, 3.63) is 47.9 Å². The molecule has 0 aliphatic carbocycles. The zero-order chi connectivity index (χ0) is 13.4. The molecule has 7 heteroatoms. The summed E-state index contributed by atoms with van der Waals surface area (Å²) in [6.07, 6.45) is 2.69. The molecule has 3 aromatic rings. The number of nitrogens with one attached hydrogen (secondary N) is 1. The Bertz CT molecular complexity index is 762. The summed E-state index contributed by atoms with van der Waals surface area (Å²) >= 11 is 0. The molecule has 3 aromatic heterocycles. The molecule has 96 valence electrons. The Kier molecular flexibility index (Phi) is 2.52. The molecule has 0 atom stereocenters. The lowest BCUT2D eigenvalue weighted by Gasteiger charge is -1.95. The number of aromatic nitrogens is 3. The smallest absolute Gasteiger partial charge is 0.277 e. The van der Waals surface area contributed by atoms with E-state index in [9.17, 15) is 9.18 Å². The predicted molar refractivity (Wildman–Crippen MR) is 64.3 cm³/mol. The second-order valence-corrected chi connectivity index (χ2v) is 4.02. The molecule has 0 unspecified atom stereocenters. The van der Waals surface area contributed by atoms with Gasteiger partial charge < -0.3 is 14.2 Å². The van der Waals surface area contributed by atoms with Crippen LogP contribution in [0.25, 0.3) is 5.65 Å². The number of halogens is 1. The van der Waals surface area contributed by atoms with Gasteiger partial charge in [0.1, 0.15) is 22.9 Å². The number of imidazole rings is 1. The lowest BCUT2D eigenvalue weighted by atomic mass is 10.4. The summed E-state index contributed by atoms with van der Waals surface area (Å²) in [7, 11) is 0. The van der Waals surface area contributed by atoms with Gasteiger partial charge in [-0.15, -0.1) is 0 Å². The molecule has 19 heavy (non-hydrogen) atoms. The zero-order valence-corrected chi connectivity index (χ0v) is 9.92. The molecule has 0 aromatic carbocycles. The number of hydrogen-bond donors (Lipinski definition) is 1. The molecule has 0 saturated carbocycles. The van der Waals surface area contributed by atoms with Crippen LogP contribution in [0.2, 0.25) is 0 Å². The van der Waals surface area contributed by atoms with Crippen molar-refractivity contribution in [1.82, 2.24) is 14.5 Å². The summed E-state index contributed by atoms with van der Waals surface area (Å²) in [5.74, 6) is 0.0690. The number of aryl methyl sites for hydroxylation is 1. The minimum absolute atomic E-state index is 0.172. The Morgan fingerprint density at radius 1 is 1.42 bits per heavy atom. The summed E-state index contributed by atoms with van der Waals surface area (Å²) in [5.41, 5.74) is 0.661. The van der Waals surface area contributed by atoms with E-state index in [0.29, 0.717) is 17.2 Å². The number of fused-ring (bicyclic) bond motifs is 1. The van der Waals surface area contributed by atoms with E-state index in [1.165, 1.54) is 28.9 Å². The van der Waals surface area contributed by atoms with Crippen molar-refractivity contribution in [1.29, 1.82) is 0 Å². The summed E-state index contributed by atoms with van der Waals surface area (Å²) < 4.78 is 19.3. The highest BCUT2D eigenvalue weighted by Gasteiger charge is 2.13. The predicted octanol–water partition coefficient (Wildman–Crippen LogP) is 2.02. The average molecular weight is 260 g/mol. The number of hydrogen-bond acceptors (Lipinski definition) is 4. The maximum Gasteiger partial charge on any atom is 0.277 e. The van der Waals surface area contributed by atoms with Crippen molar-refractivity contribution in [2.75, 3.05) is 5.32 Å². The van der Waals surface area contributed by atoms with Crippen molar-refractivity contribution in [3.63, 3.8) is 0 Å². The highest BCUT2D eigenvalue weighted by Crippen LogP contribution is 2.11. The van der Waals surface area contributed by atoms with Crippen molar-refractivity contribution >= 4 is 17.4 Å². The topological polar surface area (TPSA) is 72.4 Å². The van der Waals surface area contributed by atoms with Gasteiger partial charge >= 0.3 is 0 Å². The van der Waals surface area contributed by atoms with Crippen LogP contribution < -0.4 is 5.32 Å². The SMILES string of the molecule is Cc1cc(NC(=O)c2cn3cc(F)ccc3n2)no1. The standard InChI is InChI=1S/C12H9FN4O2/c1-7-4-10(16-19-7)15-12(18)9-6-17-5-8(13)2-3-11(17)14-9/h2-6H,1H3,(H,15,16,18). The highest BCUT2D eigenvalue weighted by molar-refractivity contribution is 6.02. The van der Waals surface area contributed by atoms with E-state index in [-0.39, 0.29) is 5.69 Å². The van der Waals surface area contributed by atoms with E-state index < -0.39 is 11.7 Å². The molecule has 3 rings (SSSR count). The van der Waals surface area contributed by atoms with Crippen molar-refractivity contribution in [2.45, 2.75) is 6.92 Å². The number of carbonyl (C=O) groups is 1. The monoisotopic (exact) mass is 260 g/mol. The third-order valence-electron chi connectivity index (χ3n) is 2.52. The first-order valence-corrected chi connectivity index (χ1v) is 5.51. The van der Waals surface area contributed by atoms with Crippen LogP contribution in [-0.2, 0) is 0 Å². The molecular weight excluding hydrogens is 251 g/mol. The molecule has 3 heterocycles. The zero-order valence-electron chi connectivity index (χ0n) is 9.92. The first-order chi connectivity index (χ1) is 9.11. The number of nitrogens with zero attached hydrogens (tertiary/aromatic N) is 3. The Hall–Kier alpha value is -2.70. The van der Waals surface area contributed by atoms with Gasteiger partial charge in [0.05, 0.1) is 0 Å². The van der Waals surface area contributed by atoms with Crippen LogP contribution >= 0.6 is 0 Å². The molecule has 0 aliphatic heterocycles. The van der Waals surface area contributed by atoms with Gasteiger partial charge in [-0.05, 0) is 19.1 Å². The van der Waals surface area contributed by atoms with Crippen molar-refractivity contribution in [3.8, 4) is 0 Å². The number of amides is 1. The van der Waals surface area contributed by atoms with Gasteiger partial charge in [0.25, 0.3) is 5.91 Å². The summed E-state index contributed by atoms with van der Waals surface area (Å²) in [6.45, 7) is 1.72. The number of carbonyl (C=O) groups excluding carboxylic acids is 1. The Morgan fingerprint density at radius 2 is 2.26 bits per heavy atom. The van der Waals surface area contributed by atoms with E-state index in [2.05, 4.69) is 15.5 Å². The molecule has 0 saturated heterocycles. The Labute approximate surface area is 106 Å². The lowest BCUT2D eigenvalue weighted by Crippen LogP contribution is -2.12. The quantitative estimate of drug-likeness (QED) is 0.765. The summed E-state index contributed by atoms with van der Waals surface area (Å²) in [6, 6.07) is 4.37. The molecule has 0 radical (unpaired) electrons. The average Bonchev–Trinajstić information content (AvgIpc) is 2.95. The van der Waals surface area contributed by atoms with Gasteiger partial charge in [-0.25, -0.2) is 9.37 Å². The molecule has 6 nitrogen and oxygen atoms in total. The van der Waals surface area contributed by atoms with E-state index >= 15 is 0 Å². The molecule has 0 bridgehead atoms. The molecule has 1 N–H and O–H groups in total. The third-order valence-corrected chi connectivity index (χ3v) is 2.52. The van der Waals surface area contributed by atoms with Crippen molar-refractivity contribution in [2.24, 2.45) is 0 Å². The minimum atomic E-state index is -0.433. The van der Waals surface area contributed by atoms with Crippen LogP contribution in [0.4, 0.5) is 10.2 Å². The molecule has 0 fully saturated rings. The van der Waals surface area contributed by atoms with Crippen molar-refractivity contribution < 1.29 is 13.7 Å². The molecule has 0 aliphatic rings. The Morgan fingerprint density at radius 3 is 3.00 bits per heavy atom. The second-order valence-electron chi connectivity index (χ2n) is 4.02. The van der Waals surface area contributed by atoms with Crippen LogP contribution in [0.5, 0.6) is 0 Å². The van der Waals surface area contributed by atoms with Gasteiger partial charge in [0.2, 0.25) is 0 Å². The fraction of sp³-hybridized carbons (Fsp3) is 0.0833. The van der Waals surface area contributed by atoms with Crippen LogP contribution in [0.3, 0.4) is 0 Å². The number of rotatable bonds is 2. The minimum Gasteiger partial charge on any atom is -0.360 e. The third kappa shape index (κ3) is 2.17. The second kappa shape index (κ2) is 4.20. The fourth-order valence-corrected chi connectivity index (χ4v) is 1.68. The van der Waals surface area contributed by atoms with Crippen LogP contribution in [0, 0.1) is 12.7 Å². The summed E-state index contributed by atoms with van der Waals surface area (Å²) in [5, 5.41) is 6.19. The van der Waals surface area contributed by atoms with Crippen LogP contribution in [0.15, 0.2) is 35.1 Å². The van der Waals surface area contributed by atoms with Gasteiger partial charge in [-0.2, -0.15) is 0 Å². The summed E-state index contributed by atoms with van der Waals surface area (Å²) in [4.78, 5) is 16.0. The first-order valence-electron chi connectivity index (χ1n) is 5.51. The molecule has 0 spiro atoms. The van der Waals surface area contributed by atoms with Gasteiger partial charge in [-0.1, -0.05) is 5.16 Å². The lowest BCUT2D eigenvalue weighted by molar-refractivity contribution is 0.102. The Balaban J connectivity index is 1.89. The van der Waals surface area contributed by atoms with Gasteiger partial charge in [0, 0.05) is 18.5 Å². The van der Waals surface area contributed by atoms with Gasteiger partial charge in [0.15, 0.2) is 5.82 Å². The fourth-order valence-electron chi connectivity index (χ4n) is 1.68. The maximum absolute atomic E-state index is 13.0. The molecular formula is C12H9FN4O2. The molecule has 1 amide bonds. The van der Waals surface area contributed by atoms with E-state index in [0.717, 1.165) is 0 Å². The highest BCUT2D eigenvalue weighted by atomic mass is 19.1. The number of anilines is 1. The van der Waals surface area contributed by atoms with E-state index in [1.54, 1.807) is 13.0 Å². The maximum atomic E-state index is 13.0. The van der Waals surface area contributed by atoms with Crippen LogP contribution in [-0.4, -0.2) is 20.4 Å². The van der Waals surface area contributed by atoms with E-state index in [1.807, 2.05) is 0 Å². The van der Waals surface area contributed by atoms with E-state index in [4.69, 9.17) is 4.52 Å². The van der Waals surface area contributed by atoms with Crippen LogP contribution in [0.1, 0.15) is 16.2 Å².